The maximum Gasteiger partial charge on any atom is 0.358 e. The second-order valence-electron chi connectivity index (χ2n) is 5.35. The fraction of sp³-hybridized carbons (Fsp3) is 0.579. The number of ketones is 1. The molecule has 0 aromatic carbocycles. The van der Waals surface area contributed by atoms with Crippen LogP contribution in [0.2, 0.25) is 0 Å². The second-order valence-corrected chi connectivity index (χ2v) is 5.35. The fourth-order valence-electron chi connectivity index (χ4n) is 2.29. The molecule has 0 heterocycles. The Kier molecular flexibility index (Phi) is 9.32. The van der Waals surface area contributed by atoms with Crippen molar-refractivity contribution in [3.05, 3.63) is 41.9 Å². The van der Waals surface area contributed by atoms with Gasteiger partial charge < -0.3 is 4.74 Å². The van der Waals surface area contributed by atoms with Gasteiger partial charge in [-0.25, -0.2) is 0 Å². The lowest BCUT2D eigenvalue weighted by Gasteiger charge is -2.01. The van der Waals surface area contributed by atoms with E-state index in [4.69, 9.17) is 9.16 Å². The summed E-state index contributed by atoms with van der Waals surface area (Å²) in [6, 6.07) is 0. The number of hydrogen-bond donors (Lipinski definition) is 0. The van der Waals surface area contributed by atoms with Crippen LogP contribution in [0.4, 0.5) is 0 Å². The Morgan fingerprint density at radius 2 is 1.81 bits per heavy atom. The summed E-state index contributed by atoms with van der Waals surface area (Å²) in [6.45, 7) is 6.83. The number of allylic oxidation sites excluding steroid dienone is 3. The number of hydrogen-bond acceptors (Lipinski definition) is 1. The van der Waals surface area contributed by atoms with Gasteiger partial charge in [-0.05, 0) is 6.42 Å². The van der Waals surface area contributed by atoms with E-state index in [1.807, 2.05) is 12.2 Å². The summed E-state index contributed by atoms with van der Waals surface area (Å²) in [7, 11) is 1.64. The molecule has 0 amide bonds. The number of unbranched alkanes of at least 4 members (excludes halogenated alkanes) is 7. The third kappa shape index (κ3) is 7.15. The largest absolute Gasteiger partial charge is 0.489 e. The molecule has 0 unspecified atom stereocenters. The van der Waals surface area contributed by atoms with Crippen LogP contribution in [-0.4, -0.2) is 19.5 Å². The molecule has 0 saturated heterocycles. The van der Waals surface area contributed by atoms with Crippen LogP contribution in [0.15, 0.2) is 41.9 Å². The van der Waals surface area contributed by atoms with Crippen LogP contribution in [0.3, 0.4) is 0 Å². The Balaban J connectivity index is 2.23. The first-order chi connectivity index (χ1) is 10.3. The first-order valence-electron chi connectivity index (χ1n) is 8.16. The van der Waals surface area contributed by atoms with Crippen molar-refractivity contribution < 1.29 is 9.16 Å². The van der Waals surface area contributed by atoms with Gasteiger partial charge in [0.2, 0.25) is 0 Å². The van der Waals surface area contributed by atoms with Gasteiger partial charge in [-0.3, -0.25) is 4.42 Å². The summed E-state index contributed by atoms with van der Waals surface area (Å²) < 4.78 is 11.0. The quantitative estimate of drug-likeness (QED) is 0.296. The molecule has 2 heteroatoms. The van der Waals surface area contributed by atoms with Crippen molar-refractivity contribution in [1.29, 1.82) is 0 Å². The van der Waals surface area contributed by atoms with Crippen LogP contribution in [-0.2, 0) is 9.16 Å². The molecule has 116 valence electrons. The standard InChI is InChI=1S/C19H29O2/c1-4-6-7-8-9-10-11-12-15-21-19-14-13-18(20-3)16-17(19)5-2/h5,14,16H,2,4,6-12,15H2,1,3H3/q+1. The minimum Gasteiger partial charge on any atom is -0.489 e. The van der Waals surface area contributed by atoms with E-state index in [1.54, 1.807) is 13.2 Å². The van der Waals surface area contributed by atoms with Crippen molar-refractivity contribution in [3.63, 3.8) is 0 Å². The molecule has 1 aliphatic rings. The lowest BCUT2D eigenvalue weighted by molar-refractivity contribution is -0.456. The summed E-state index contributed by atoms with van der Waals surface area (Å²) >= 11 is 0. The molecule has 21 heavy (non-hydrogen) atoms. The Morgan fingerprint density at radius 3 is 2.43 bits per heavy atom. The van der Waals surface area contributed by atoms with E-state index in [-0.39, 0.29) is 0 Å². The average molecular weight is 289 g/mol. The van der Waals surface area contributed by atoms with E-state index in [0.717, 1.165) is 24.4 Å². The normalized spacial score (nSPS) is 15.8. The van der Waals surface area contributed by atoms with Gasteiger partial charge in [0.1, 0.15) is 0 Å². The van der Waals surface area contributed by atoms with Crippen molar-refractivity contribution in [2.45, 2.75) is 58.3 Å². The Bertz CT molecular complexity index is 434. The molecular weight excluding hydrogens is 260 g/mol. The highest BCUT2D eigenvalue weighted by atomic mass is 16.5. The van der Waals surface area contributed by atoms with E-state index in [0.29, 0.717) is 5.76 Å². The molecule has 0 fully saturated rings. The predicted molar refractivity (Wildman–Crippen MR) is 89.4 cm³/mol. The van der Waals surface area contributed by atoms with E-state index in [1.165, 1.54) is 44.9 Å². The molecule has 0 aliphatic heterocycles. The number of ether oxygens (including phenoxy) is 1. The SMILES string of the molecule is C=CC1=CC(OC)=C=CC1=[O+]CCCCCCCCCC. The number of methoxy groups -OCH3 is 1. The molecule has 1 aliphatic carbocycles. The third-order valence-electron chi connectivity index (χ3n) is 3.61. The molecule has 1 rings (SSSR count). The molecular formula is C19H29O2+. The van der Waals surface area contributed by atoms with Gasteiger partial charge >= 0.3 is 5.78 Å². The van der Waals surface area contributed by atoms with Gasteiger partial charge in [0, 0.05) is 12.5 Å². The lowest BCUT2D eigenvalue weighted by Crippen LogP contribution is -2.06. The van der Waals surface area contributed by atoms with Crippen LogP contribution in [0, 0.1) is 0 Å². The maximum atomic E-state index is 5.81. The monoisotopic (exact) mass is 289 g/mol. The van der Waals surface area contributed by atoms with Gasteiger partial charge in [0.25, 0.3) is 6.61 Å². The Hall–Kier alpha value is -1.53. The van der Waals surface area contributed by atoms with E-state index in [2.05, 4.69) is 19.2 Å². The first kappa shape index (κ1) is 17.5. The van der Waals surface area contributed by atoms with Gasteiger partial charge in [0.05, 0.1) is 18.8 Å². The molecule has 0 bridgehead atoms. The molecule has 0 N–H and O–H groups in total. The molecule has 0 saturated carbocycles. The molecule has 0 aromatic rings. The minimum atomic E-state index is 0.712. The number of rotatable bonds is 11. The smallest absolute Gasteiger partial charge is 0.358 e. The van der Waals surface area contributed by atoms with Crippen LogP contribution < -0.4 is 0 Å². The van der Waals surface area contributed by atoms with Crippen molar-refractivity contribution in [2.24, 2.45) is 0 Å². The fourth-order valence-corrected chi connectivity index (χ4v) is 2.29. The van der Waals surface area contributed by atoms with Gasteiger partial charge in [-0.15, -0.1) is 0 Å². The zero-order valence-electron chi connectivity index (χ0n) is 13.6. The summed E-state index contributed by atoms with van der Waals surface area (Å²) in [4.78, 5) is 0. The topological polar surface area (TPSA) is 20.5 Å². The Morgan fingerprint density at radius 1 is 1.14 bits per heavy atom. The average Bonchev–Trinajstić information content (AvgIpc) is 2.53. The van der Waals surface area contributed by atoms with Gasteiger partial charge in [0.15, 0.2) is 5.76 Å². The van der Waals surface area contributed by atoms with Crippen molar-refractivity contribution in [2.75, 3.05) is 13.7 Å². The first-order valence-corrected chi connectivity index (χ1v) is 8.16. The van der Waals surface area contributed by atoms with Crippen molar-refractivity contribution >= 4 is 5.78 Å². The zero-order chi connectivity index (χ0) is 15.3. The minimum absolute atomic E-state index is 0.712. The maximum absolute atomic E-state index is 5.81. The van der Waals surface area contributed by atoms with Crippen molar-refractivity contribution in [3.8, 4) is 0 Å². The molecule has 0 atom stereocenters. The van der Waals surface area contributed by atoms with E-state index < -0.39 is 0 Å². The van der Waals surface area contributed by atoms with Crippen molar-refractivity contribution in [1.82, 2.24) is 0 Å². The van der Waals surface area contributed by atoms with Crippen LogP contribution >= 0.6 is 0 Å². The van der Waals surface area contributed by atoms with E-state index in [9.17, 15) is 0 Å². The van der Waals surface area contributed by atoms with Gasteiger partial charge in [-0.2, -0.15) is 0 Å². The summed E-state index contributed by atoms with van der Waals surface area (Å²) in [6.07, 6.45) is 16.0. The third-order valence-corrected chi connectivity index (χ3v) is 3.61. The zero-order valence-corrected chi connectivity index (χ0v) is 13.6. The van der Waals surface area contributed by atoms with Crippen LogP contribution in [0.5, 0.6) is 0 Å². The van der Waals surface area contributed by atoms with Crippen LogP contribution in [0.1, 0.15) is 58.3 Å². The second kappa shape index (κ2) is 11.2. The van der Waals surface area contributed by atoms with E-state index >= 15 is 0 Å². The predicted octanol–water partition coefficient (Wildman–Crippen LogP) is 5.04. The lowest BCUT2D eigenvalue weighted by atomic mass is 10.1. The molecule has 0 aromatic heterocycles. The molecule has 0 radical (unpaired) electrons. The summed E-state index contributed by atoms with van der Waals surface area (Å²) in [5, 5.41) is 0. The Labute approximate surface area is 129 Å². The number of carbonyl (C=O) groups excluding carboxylic acids is 1. The highest BCUT2D eigenvalue weighted by molar-refractivity contribution is 6.07. The van der Waals surface area contributed by atoms with Crippen LogP contribution in [0.25, 0.3) is 0 Å². The highest BCUT2D eigenvalue weighted by Crippen LogP contribution is 2.12. The summed E-state index contributed by atoms with van der Waals surface area (Å²) in [5.41, 5.74) is 4.01. The van der Waals surface area contributed by atoms with Gasteiger partial charge in [-0.1, -0.05) is 63.8 Å². The molecule has 2 nitrogen and oxygen atoms in total. The highest BCUT2D eigenvalue weighted by Gasteiger charge is 2.16. The molecule has 0 spiro atoms. The summed E-state index contributed by atoms with van der Waals surface area (Å²) in [5.74, 6) is 1.55.